The van der Waals surface area contributed by atoms with E-state index in [9.17, 15) is 4.79 Å². The molecular formula is C14H17N3O2S. The number of allylic oxidation sites excluding steroid dienone is 1. The largest absolute Gasteiger partial charge is 0.497 e. The van der Waals surface area contributed by atoms with Gasteiger partial charge >= 0.3 is 0 Å². The Labute approximate surface area is 123 Å². The van der Waals surface area contributed by atoms with Crippen LogP contribution >= 0.6 is 12.2 Å². The third kappa shape index (κ3) is 2.52. The number of ether oxygens (including phenoxy) is 1. The van der Waals surface area contributed by atoms with Crippen LogP contribution in [0, 0.1) is 0 Å². The molecule has 0 spiro atoms. The van der Waals surface area contributed by atoms with Crippen LogP contribution in [0.1, 0.15) is 25.5 Å². The summed E-state index contributed by atoms with van der Waals surface area (Å²) in [6, 6.07) is 7.22. The summed E-state index contributed by atoms with van der Waals surface area (Å²) in [4.78, 5) is 11.9. The minimum Gasteiger partial charge on any atom is -0.497 e. The van der Waals surface area contributed by atoms with Crippen molar-refractivity contribution in [2.75, 3.05) is 7.11 Å². The van der Waals surface area contributed by atoms with Crippen molar-refractivity contribution in [2.45, 2.75) is 19.9 Å². The van der Waals surface area contributed by atoms with E-state index in [1.807, 2.05) is 24.3 Å². The Morgan fingerprint density at radius 2 is 2.00 bits per heavy atom. The van der Waals surface area contributed by atoms with Crippen LogP contribution in [0.15, 0.2) is 35.5 Å². The van der Waals surface area contributed by atoms with Gasteiger partial charge in [-0.25, -0.2) is 5.84 Å². The average molecular weight is 291 g/mol. The van der Waals surface area contributed by atoms with Crippen molar-refractivity contribution in [3.05, 3.63) is 41.1 Å². The van der Waals surface area contributed by atoms with Gasteiger partial charge < -0.3 is 10.1 Å². The second-order valence-corrected chi connectivity index (χ2v) is 4.97. The van der Waals surface area contributed by atoms with Crippen molar-refractivity contribution >= 4 is 23.1 Å². The third-order valence-corrected chi connectivity index (χ3v) is 3.67. The van der Waals surface area contributed by atoms with Gasteiger partial charge in [0, 0.05) is 11.3 Å². The number of hydrogen-bond donors (Lipinski definition) is 2. The highest BCUT2D eigenvalue weighted by Gasteiger charge is 2.30. The normalized spacial score (nSPS) is 18.9. The third-order valence-electron chi connectivity index (χ3n) is 3.35. The molecule has 0 aliphatic carbocycles. The predicted molar refractivity (Wildman–Crippen MR) is 80.9 cm³/mol. The number of methoxy groups -OCH3 is 1. The minimum atomic E-state index is -0.286. The monoisotopic (exact) mass is 291 g/mol. The lowest BCUT2D eigenvalue weighted by Crippen LogP contribution is -2.50. The van der Waals surface area contributed by atoms with E-state index in [1.165, 1.54) is 11.9 Å². The van der Waals surface area contributed by atoms with Crippen LogP contribution in [0.3, 0.4) is 0 Å². The molecule has 1 heterocycles. The van der Waals surface area contributed by atoms with Crippen LogP contribution in [0.4, 0.5) is 0 Å². The number of nitrogens with zero attached hydrogens (tertiary/aromatic N) is 1. The van der Waals surface area contributed by atoms with Gasteiger partial charge in [-0.3, -0.25) is 9.80 Å². The molecule has 0 radical (unpaired) electrons. The van der Waals surface area contributed by atoms with Crippen molar-refractivity contribution < 1.29 is 9.53 Å². The molecule has 1 aliphatic rings. The fraction of sp³-hybridized carbons (Fsp3) is 0.286. The molecule has 1 atom stereocenters. The maximum Gasteiger partial charge on any atom is 0.188 e. The van der Waals surface area contributed by atoms with E-state index in [0.29, 0.717) is 16.4 Å². The van der Waals surface area contributed by atoms with Crippen LogP contribution in [0.25, 0.3) is 0 Å². The quantitative estimate of drug-likeness (QED) is 0.652. The van der Waals surface area contributed by atoms with Crippen LogP contribution in [-0.4, -0.2) is 23.0 Å². The molecule has 0 aromatic heterocycles. The summed E-state index contributed by atoms with van der Waals surface area (Å²) in [5.74, 6) is 6.56. The summed E-state index contributed by atoms with van der Waals surface area (Å²) in [5.41, 5.74) is 2.22. The van der Waals surface area contributed by atoms with E-state index >= 15 is 0 Å². The number of Topliss-reactive ketones (excluding diaryl/α,β-unsaturated/α-hetero) is 1. The summed E-state index contributed by atoms with van der Waals surface area (Å²) in [7, 11) is 1.61. The van der Waals surface area contributed by atoms with E-state index in [-0.39, 0.29) is 11.8 Å². The second kappa shape index (κ2) is 5.60. The highest BCUT2D eigenvalue weighted by Crippen LogP contribution is 2.30. The maximum absolute atomic E-state index is 11.9. The molecule has 3 N–H and O–H groups in total. The summed E-state index contributed by atoms with van der Waals surface area (Å²) >= 11 is 5.19. The zero-order valence-electron chi connectivity index (χ0n) is 11.6. The summed E-state index contributed by atoms with van der Waals surface area (Å²) in [5, 5.41) is 4.82. The molecule has 0 fully saturated rings. The van der Waals surface area contributed by atoms with Gasteiger partial charge in [0.05, 0.1) is 13.2 Å². The molecule has 2 rings (SSSR count). The molecule has 1 aromatic carbocycles. The van der Waals surface area contributed by atoms with Gasteiger partial charge in [-0.05, 0) is 43.8 Å². The summed E-state index contributed by atoms with van der Waals surface area (Å²) in [6.07, 6.45) is 0. The van der Waals surface area contributed by atoms with E-state index in [4.69, 9.17) is 22.8 Å². The van der Waals surface area contributed by atoms with E-state index in [1.54, 1.807) is 14.0 Å². The topological polar surface area (TPSA) is 67.6 Å². The van der Waals surface area contributed by atoms with Crippen molar-refractivity contribution in [2.24, 2.45) is 5.84 Å². The van der Waals surface area contributed by atoms with Gasteiger partial charge in [0.1, 0.15) is 5.75 Å². The Kier molecular flexibility index (Phi) is 4.06. The van der Waals surface area contributed by atoms with Crippen LogP contribution < -0.4 is 15.9 Å². The first-order valence-electron chi connectivity index (χ1n) is 6.16. The first-order valence-corrected chi connectivity index (χ1v) is 6.57. The first kappa shape index (κ1) is 14.5. The molecule has 5 nitrogen and oxygen atoms in total. The van der Waals surface area contributed by atoms with Crippen molar-refractivity contribution in [1.82, 2.24) is 10.3 Å². The minimum absolute atomic E-state index is 0.0335. The number of hydrogen-bond acceptors (Lipinski definition) is 4. The Bertz CT molecular complexity index is 581. The number of hydrazine groups is 1. The van der Waals surface area contributed by atoms with Gasteiger partial charge in [0.2, 0.25) is 0 Å². The Balaban J connectivity index is 2.47. The highest BCUT2D eigenvalue weighted by molar-refractivity contribution is 7.80. The molecule has 0 saturated carbocycles. The Hall–Kier alpha value is -1.92. The van der Waals surface area contributed by atoms with Crippen LogP contribution in [0.5, 0.6) is 5.75 Å². The molecule has 20 heavy (non-hydrogen) atoms. The molecule has 0 amide bonds. The Morgan fingerprint density at radius 1 is 1.40 bits per heavy atom. The van der Waals surface area contributed by atoms with Crippen molar-refractivity contribution in [1.29, 1.82) is 0 Å². The molecule has 1 unspecified atom stereocenters. The summed E-state index contributed by atoms with van der Waals surface area (Å²) in [6.45, 7) is 3.32. The lowest BCUT2D eigenvalue weighted by Gasteiger charge is -2.34. The smallest absolute Gasteiger partial charge is 0.188 e. The molecule has 0 saturated heterocycles. The fourth-order valence-corrected chi connectivity index (χ4v) is 2.52. The van der Waals surface area contributed by atoms with E-state index < -0.39 is 0 Å². The zero-order chi connectivity index (χ0) is 14.9. The molecule has 0 bridgehead atoms. The molecular weight excluding hydrogens is 274 g/mol. The number of thiocarbonyl (C=S) groups is 1. The summed E-state index contributed by atoms with van der Waals surface area (Å²) < 4.78 is 5.14. The number of carbonyl (C=O) groups excluding carboxylic acids is 1. The van der Waals surface area contributed by atoms with Crippen LogP contribution in [-0.2, 0) is 4.79 Å². The molecule has 6 heteroatoms. The number of rotatable bonds is 3. The number of nitrogens with two attached hydrogens (primary N) is 1. The van der Waals surface area contributed by atoms with Gasteiger partial charge in [0.25, 0.3) is 0 Å². The first-order chi connectivity index (χ1) is 9.45. The lowest BCUT2D eigenvalue weighted by molar-refractivity contribution is -0.114. The van der Waals surface area contributed by atoms with Crippen LogP contribution in [0.2, 0.25) is 0 Å². The average Bonchev–Trinajstić information content (AvgIpc) is 2.44. The van der Waals surface area contributed by atoms with E-state index in [2.05, 4.69) is 5.32 Å². The molecule has 106 valence electrons. The number of ketones is 1. The van der Waals surface area contributed by atoms with Crippen molar-refractivity contribution in [3.63, 3.8) is 0 Å². The lowest BCUT2D eigenvalue weighted by atomic mass is 9.93. The van der Waals surface area contributed by atoms with Gasteiger partial charge in [-0.2, -0.15) is 0 Å². The molecule has 1 aromatic rings. The predicted octanol–water partition coefficient (Wildman–Crippen LogP) is 1.66. The SMILES string of the molecule is COc1ccc(C2NC(=S)N(N)C(C)=C2C(C)=O)cc1. The fourth-order valence-electron chi connectivity index (χ4n) is 2.26. The number of nitrogens with one attached hydrogen (secondary N) is 1. The molecule has 1 aliphatic heterocycles. The zero-order valence-corrected chi connectivity index (χ0v) is 12.5. The number of benzene rings is 1. The van der Waals surface area contributed by atoms with Gasteiger partial charge in [-0.1, -0.05) is 12.1 Å². The van der Waals surface area contributed by atoms with Crippen molar-refractivity contribution in [3.8, 4) is 5.75 Å². The standard InChI is InChI=1S/C14H17N3O2S/c1-8-12(9(2)18)13(16-14(20)17(8)15)10-4-6-11(19-3)7-5-10/h4-7,13H,15H2,1-3H3,(H,16,20). The van der Waals surface area contributed by atoms with Gasteiger partial charge in [-0.15, -0.1) is 0 Å². The van der Waals surface area contributed by atoms with E-state index in [0.717, 1.165) is 11.3 Å². The highest BCUT2D eigenvalue weighted by atomic mass is 32.1. The Morgan fingerprint density at radius 3 is 2.50 bits per heavy atom. The number of carbonyl (C=O) groups is 1. The van der Waals surface area contributed by atoms with Gasteiger partial charge in [0.15, 0.2) is 10.9 Å². The second-order valence-electron chi connectivity index (χ2n) is 4.58. The maximum atomic E-state index is 11.9.